The van der Waals surface area contributed by atoms with Gasteiger partial charge in [0.15, 0.2) is 0 Å². The van der Waals surface area contributed by atoms with Gasteiger partial charge in [0, 0.05) is 13.2 Å². The Morgan fingerprint density at radius 3 is 2.60 bits per heavy atom. The van der Waals surface area contributed by atoms with E-state index in [1.807, 2.05) is 12.1 Å². The summed E-state index contributed by atoms with van der Waals surface area (Å²) in [4.78, 5) is 11.7. The summed E-state index contributed by atoms with van der Waals surface area (Å²) in [6, 6.07) is 7.86. The molecule has 0 bridgehead atoms. The third-order valence-electron chi connectivity index (χ3n) is 4.18. The largest absolute Gasteiger partial charge is 0.377 e. The van der Waals surface area contributed by atoms with Crippen molar-refractivity contribution in [2.75, 3.05) is 13.2 Å². The summed E-state index contributed by atoms with van der Waals surface area (Å²) in [5.74, 6) is 0.401. The predicted octanol–water partition coefficient (Wildman–Crippen LogP) is 1.86. The van der Waals surface area contributed by atoms with E-state index in [9.17, 15) is 4.79 Å². The number of benzene rings is 1. The van der Waals surface area contributed by atoms with Gasteiger partial charge < -0.3 is 10.5 Å². The van der Waals surface area contributed by atoms with Crippen LogP contribution in [0.1, 0.15) is 48.8 Å². The van der Waals surface area contributed by atoms with Gasteiger partial charge in [0.2, 0.25) is 5.91 Å². The number of hydrogen-bond donors (Lipinski definition) is 2. The van der Waals surface area contributed by atoms with Crippen LogP contribution in [0.3, 0.4) is 0 Å². The lowest BCUT2D eigenvalue weighted by Crippen LogP contribution is -2.37. The first-order valence-electron chi connectivity index (χ1n) is 7.48. The smallest absolute Gasteiger partial charge is 0.239 e. The predicted molar refractivity (Wildman–Crippen MR) is 77.3 cm³/mol. The Hall–Kier alpha value is -1.39. The molecule has 1 saturated carbocycles. The van der Waals surface area contributed by atoms with E-state index in [0.717, 1.165) is 30.9 Å². The van der Waals surface area contributed by atoms with Gasteiger partial charge in [-0.15, -0.1) is 0 Å². The number of nitrogens with one attached hydrogen (secondary N) is 1. The van der Waals surface area contributed by atoms with Crippen LogP contribution in [0.5, 0.6) is 0 Å². The zero-order chi connectivity index (χ0) is 13.9. The van der Waals surface area contributed by atoms with Crippen LogP contribution >= 0.6 is 0 Å². The summed E-state index contributed by atoms with van der Waals surface area (Å²) in [5, 5.41) is 3.24. The van der Waals surface area contributed by atoms with Crippen LogP contribution < -0.4 is 11.1 Å². The molecular formula is C16H22N2O2. The first-order valence-corrected chi connectivity index (χ1v) is 7.48. The highest BCUT2D eigenvalue weighted by atomic mass is 16.5. The second-order valence-corrected chi connectivity index (χ2v) is 5.82. The molecular weight excluding hydrogens is 252 g/mol. The maximum Gasteiger partial charge on any atom is 0.239 e. The lowest BCUT2D eigenvalue weighted by atomic mass is 10.0. The number of hydrogen-bond acceptors (Lipinski definition) is 3. The van der Waals surface area contributed by atoms with Crippen molar-refractivity contribution in [1.29, 1.82) is 0 Å². The van der Waals surface area contributed by atoms with Crippen molar-refractivity contribution in [3.8, 4) is 0 Å². The van der Waals surface area contributed by atoms with Gasteiger partial charge in [0.25, 0.3) is 0 Å². The van der Waals surface area contributed by atoms with Crippen LogP contribution in [0, 0.1) is 0 Å². The molecule has 1 saturated heterocycles. The number of nitrogens with two attached hydrogens (primary N) is 1. The molecule has 3 N–H and O–H groups in total. The molecule has 0 radical (unpaired) electrons. The van der Waals surface area contributed by atoms with Crippen LogP contribution in [0.25, 0.3) is 0 Å². The Kier molecular flexibility index (Phi) is 4.03. The molecule has 20 heavy (non-hydrogen) atoms. The van der Waals surface area contributed by atoms with Crippen molar-refractivity contribution in [2.45, 2.75) is 43.7 Å². The Morgan fingerprint density at radius 2 is 2.05 bits per heavy atom. The fourth-order valence-corrected chi connectivity index (χ4v) is 2.81. The summed E-state index contributed by atoms with van der Waals surface area (Å²) >= 11 is 0. The SMILES string of the molecule is NC(=O)C(NCC1CCCO1)c1ccc(C2CC2)cc1. The van der Waals surface area contributed by atoms with Gasteiger partial charge in [0.05, 0.1) is 6.10 Å². The van der Waals surface area contributed by atoms with Gasteiger partial charge in [-0.3, -0.25) is 10.1 Å². The quantitative estimate of drug-likeness (QED) is 0.832. The molecule has 2 unspecified atom stereocenters. The van der Waals surface area contributed by atoms with Crippen molar-refractivity contribution in [3.63, 3.8) is 0 Å². The van der Waals surface area contributed by atoms with Crippen molar-refractivity contribution in [3.05, 3.63) is 35.4 Å². The lowest BCUT2D eigenvalue weighted by molar-refractivity contribution is -0.120. The highest BCUT2D eigenvalue weighted by Gasteiger charge is 2.25. The number of ether oxygens (including phenoxy) is 1. The zero-order valence-electron chi connectivity index (χ0n) is 11.7. The Balaban J connectivity index is 1.63. The first kappa shape index (κ1) is 13.6. The molecule has 1 aromatic rings. The van der Waals surface area contributed by atoms with Gasteiger partial charge in [-0.05, 0) is 42.7 Å². The summed E-state index contributed by atoms with van der Waals surface area (Å²) in [6.07, 6.45) is 4.94. The van der Waals surface area contributed by atoms with Gasteiger partial charge in [-0.1, -0.05) is 24.3 Å². The van der Waals surface area contributed by atoms with E-state index in [0.29, 0.717) is 6.54 Å². The number of primary amides is 1. The van der Waals surface area contributed by atoms with Crippen LogP contribution in [0.15, 0.2) is 24.3 Å². The van der Waals surface area contributed by atoms with E-state index in [1.165, 1.54) is 18.4 Å². The average Bonchev–Trinajstić information content (AvgIpc) is 3.17. The molecule has 1 aliphatic heterocycles. The molecule has 2 aliphatic rings. The third kappa shape index (κ3) is 3.19. The van der Waals surface area contributed by atoms with Gasteiger partial charge in [-0.25, -0.2) is 0 Å². The Labute approximate surface area is 119 Å². The van der Waals surface area contributed by atoms with Crippen LogP contribution in [0.2, 0.25) is 0 Å². The standard InChI is InChI=1S/C16H22N2O2/c17-16(19)15(18-10-14-2-1-9-20-14)13-7-5-12(6-8-13)11-3-4-11/h5-8,11,14-15,18H,1-4,9-10H2,(H2,17,19). The molecule has 4 heteroatoms. The highest BCUT2D eigenvalue weighted by molar-refractivity contribution is 5.81. The Morgan fingerprint density at radius 1 is 1.30 bits per heavy atom. The Bertz CT molecular complexity index is 462. The van der Waals surface area contributed by atoms with Gasteiger partial charge in [0.1, 0.15) is 6.04 Å². The second-order valence-electron chi connectivity index (χ2n) is 5.82. The molecule has 1 aromatic carbocycles. The van der Waals surface area contributed by atoms with Gasteiger partial charge in [-0.2, -0.15) is 0 Å². The van der Waals surface area contributed by atoms with Crippen LogP contribution in [0.4, 0.5) is 0 Å². The molecule has 1 aliphatic carbocycles. The highest BCUT2D eigenvalue weighted by Crippen LogP contribution is 2.40. The minimum absolute atomic E-state index is 0.211. The number of amides is 1. The van der Waals surface area contributed by atoms with E-state index in [-0.39, 0.29) is 12.0 Å². The second kappa shape index (κ2) is 5.94. The maximum atomic E-state index is 11.7. The van der Waals surface area contributed by atoms with E-state index >= 15 is 0 Å². The van der Waals surface area contributed by atoms with Crippen molar-refractivity contribution >= 4 is 5.91 Å². The fourth-order valence-electron chi connectivity index (χ4n) is 2.81. The molecule has 0 aromatic heterocycles. The fraction of sp³-hybridized carbons (Fsp3) is 0.562. The summed E-state index contributed by atoms with van der Waals surface area (Å²) in [5.41, 5.74) is 7.84. The molecule has 4 nitrogen and oxygen atoms in total. The lowest BCUT2D eigenvalue weighted by Gasteiger charge is -2.18. The molecule has 108 valence electrons. The van der Waals surface area contributed by atoms with Crippen molar-refractivity contribution in [2.24, 2.45) is 5.73 Å². The van der Waals surface area contributed by atoms with Crippen molar-refractivity contribution in [1.82, 2.24) is 5.32 Å². The van der Waals surface area contributed by atoms with E-state index in [1.54, 1.807) is 0 Å². The molecule has 1 amide bonds. The monoisotopic (exact) mass is 274 g/mol. The normalized spacial score (nSPS) is 23.7. The minimum atomic E-state index is -0.424. The summed E-state index contributed by atoms with van der Waals surface area (Å²) in [6.45, 7) is 1.50. The summed E-state index contributed by atoms with van der Waals surface area (Å²) < 4.78 is 5.56. The van der Waals surface area contributed by atoms with Crippen LogP contribution in [-0.4, -0.2) is 25.2 Å². The average molecular weight is 274 g/mol. The molecule has 0 spiro atoms. The van der Waals surface area contributed by atoms with Crippen LogP contribution in [-0.2, 0) is 9.53 Å². The number of carbonyl (C=O) groups excluding carboxylic acids is 1. The molecule has 2 fully saturated rings. The van der Waals surface area contributed by atoms with Gasteiger partial charge >= 0.3 is 0 Å². The minimum Gasteiger partial charge on any atom is -0.377 e. The van der Waals surface area contributed by atoms with Crippen molar-refractivity contribution < 1.29 is 9.53 Å². The topological polar surface area (TPSA) is 64.4 Å². The summed E-state index contributed by atoms with van der Waals surface area (Å²) in [7, 11) is 0. The zero-order valence-corrected chi connectivity index (χ0v) is 11.7. The van der Waals surface area contributed by atoms with E-state index in [2.05, 4.69) is 17.4 Å². The van der Waals surface area contributed by atoms with E-state index < -0.39 is 6.04 Å². The molecule has 3 rings (SSSR count). The van der Waals surface area contributed by atoms with E-state index in [4.69, 9.17) is 10.5 Å². The number of carbonyl (C=O) groups is 1. The molecule has 1 heterocycles. The third-order valence-corrected chi connectivity index (χ3v) is 4.18. The number of rotatable bonds is 6. The first-order chi connectivity index (χ1) is 9.74. The maximum absolute atomic E-state index is 11.7. The molecule has 2 atom stereocenters.